The number of hydrogen-bond donors (Lipinski definition) is 2. The van der Waals surface area contributed by atoms with E-state index in [0.29, 0.717) is 6.42 Å². The monoisotopic (exact) mass is 254 g/mol. The molecule has 0 amide bonds. The van der Waals surface area contributed by atoms with Crippen LogP contribution in [0.1, 0.15) is 12.0 Å². The molecular formula is C15H11FN2O. The predicted molar refractivity (Wildman–Crippen MR) is 69.8 cm³/mol. The summed E-state index contributed by atoms with van der Waals surface area (Å²) in [5.41, 5.74) is 0.303. The third-order valence-corrected chi connectivity index (χ3v) is 3.23. The van der Waals surface area contributed by atoms with Crippen LogP contribution in [0.4, 0.5) is 4.39 Å². The topological polar surface area (TPSA) is 48.9 Å². The van der Waals surface area contributed by atoms with Gasteiger partial charge in [0.1, 0.15) is 5.67 Å². The third kappa shape index (κ3) is 2.31. The van der Waals surface area contributed by atoms with Gasteiger partial charge in [0, 0.05) is 17.4 Å². The number of nitrogens with zero attached hydrogens (tertiary/aromatic N) is 1. The molecule has 1 aromatic carbocycles. The Balaban J connectivity index is 1.72. The maximum absolute atomic E-state index is 13.4. The molecule has 1 aliphatic rings. The number of aromatic amines is 1. The summed E-state index contributed by atoms with van der Waals surface area (Å²) in [6, 6.07) is 5.69. The second-order valence-corrected chi connectivity index (χ2v) is 4.64. The first-order valence-corrected chi connectivity index (χ1v) is 5.96. The summed E-state index contributed by atoms with van der Waals surface area (Å²) < 4.78 is 13.4. The van der Waals surface area contributed by atoms with Crippen molar-refractivity contribution >= 4 is 10.9 Å². The lowest BCUT2D eigenvalue weighted by Gasteiger charge is -1.95. The zero-order chi connectivity index (χ0) is 13.3. The Morgan fingerprint density at radius 2 is 2.37 bits per heavy atom. The lowest BCUT2D eigenvalue weighted by molar-refractivity contribution is 0.152. The standard InChI is InChI=1S/C15H11FN2O/c16-15(10-19)8-13(15)4-2-1-3-11-5-6-14-12(7-11)9-17-18-14/h5-7,9,13,19H,8,10H2,(H,17,18)/t13-,15-/m0/s1. The maximum atomic E-state index is 13.4. The van der Waals surface area contributed by atoms with E-state index < -0.39 is 12.3 Å². The molecule has 0 saturated heterocycles. The molecule has 0 bridgehead atoms. The molecule has 2 atom stereocenters. The first-order valence-electron chi connectivity index (χ1n) is 5.96. The highest BCUT2D eigenvalue weighted by atomic mass is 19.1. The van der Waals surface area contributed by atoms with E-state index in [2.05, 4.69) is 33.9 Å². The van der Waals surface area contributed by atoms with Gasteiger partial charge in [-0.25, -0.2) is 4.39 Å². The zero-order valence-corrected chi connectivity index (χ0v) is 10.1. The highest BCUT2D eigenvalue weighted by Crippen LogP contribution is 2.46. The molecule has 1 aliphatic carbocycles. The molecule has 1 saturated carbocycles. The van der Waals surface area contributed by atoms with Crippen molar-refractivity contribution in [2.45, 2.75) is 12.1 Å². The Morgan fingerprint density at radius 1 is 1.47 bits per heavy atom. The minimum atomic E-state index is -1.50. The van der Waals surface area contributed by atoms with Gasteiger partial charge in [-0.15, -0.1) is 0 Å². The molecule has 3 rings (SSSR count). The van der Waals surface area contributed by atoms with Gasteiger partial charge in [-0.2, -0.15) is 5.10 Å². The number of H-pyrrole nitrogens is 1. The highest BCUT2D eigenvalue weighted by molar-refractivity contribution is 5.79. The SMILES string of the molecule is OC[C@@]1(F)C[C@@H]1C#CC#Cc1ccc2[nH]ncc2c1. The van der Waals surface area contributed by atoms with Gasteiger partial charge in [0.05, 0.1) is 24.2 Å². The molecule has 2 aromatic rings. The van der Waals surface area contributed by atoms with Crippen LogP contribution in [0, 0.1) is 29.6 Å². The molecule has 94 valence electrons. The molecule has 1 heterocycles. The normalized spacial score (nSPS) is 24.2. The molecule has 0 unspecified atom stereocenters. The van der Waals surface area contributed by atoms with Crippen LogP contribution in [0.2, 0.25) is 0 Å². The maximum Gasteiger partial charge on any atom is 0.149 e. The van der Waals surface area contributed by atoms with Crippen molar-refractivity contribution in [3.63, 3.8) is 0 Å². The van der Waals surface area contributed by atoms with Crippen molar-refractivity contribution in [3.05, 3.63) is 30.0 Å². The van der Waals surface area contributed by atoms with Crippen LogP contribution in [0.3, 0.4) is 0 Å². The van der Waals surface area contributed by atoms with Crippen molar-refractivity contribution in [1.29, 1.82) is 0 Å². The van der Waals surface area contributed by atoms with Crippen molar-refractivity contribution < 1.29 is 9.50 Å². The lowest BCUT2D eigenvalue weighted by Crippen LogP contribution is -2.08. The summed E-state index contributed by atoms with van der Waals surface area (Å²) >= 11 is 0. The summed E-state index contributed by atoms with van der Waals surface area (Å²) in [6.07, 6.45) is 2.04. The summed E-state index contributed by atoms with van der Waals surface area (Å²) in [5, 5.41) is 16.5. The van der Waals surface area contributed by atoms with Crippen LogP contribution in [0.25, 0.3) is 10.9 Å². The average Bonchev–Trinajstić information content (AvgIpc) is 2.86. The number of aliphatic hydroxyl groups excluding tert-OH is 1. The second kappa shape index (κ2) is 4.42. The Labute approximate surface area is 109 Å². The first-order chi connectivity index (χ1) is 9.21. The van der Waals surface area contributed by atoms with Crippen LogP contribution < -0.4 is 0 Å². The van der Waals surface area contributed by atoms with Gasteiger partial charge in [-0.3, -0.25) is 5.10 Å². The molecule has 0 aliphatic heterocycles. The molecular weight excluding hydrogens is 243 g/mol. The number of rotatable bonds is 1. The van der Waals surface area contributed by atoms with Crippen LogP contribution in [-0.4, -0.2) is 27.6 Å². The van der Waals surface area contributed by atoms with Gasteiger partial charge in [-0.1, -0.05) is 11.8 Å². The summed E-state index contributed by atoms with van der Waals surface area (Å²) in [6.45, 7) is -0.461. The molecule has 4 heteroatoms. The Bertz CT molecular complexity index is 744. The number of alkyl halides is 1. The van der Waals surface area contributed by atoms with E-state index in [1.54, 1.807) is 6.20 Å². The Morgan fingerprint density at radius 3 is 3.16 bits per heavy atom. The fraction of sp³-hybridized carbons (Fsp3) is 0.267. The summed E-state index contributed by atoms with van der Waals surface area (Å²) in [4.78, 5) is 0. The number of nitrogens with one attached hydrogen (secondary N) is 1. The second-order valence-electron chi connectivity index (χ2n) is 4.64. The zero-order valence-electron chi connectivity index (χ0n) is 10.1. The predicted octanol–water partition coefficient (Wildman–Crippen LogP) is 1.64. The van der Waals surface area contributed by atoms with Crippen molar-refractivity contribution in [3.8, 4) is 23.7 Å². The van der Waals surface area contributed by atoms with E-state index in [1.165, 1.54) is 0 Å². The fourth-order valence-electron chi connectivity index (χ4n) is 1.88. The van der Waals surface area contributed by atoms with E-state index in [9.17, 15) is 4.39 Å². The minimum Gasteiger partial charge on any atom is -0.393 e. The number of fused-ring (bicyclic) bond motifs is 1. The first kappa shape index (κ1) is 11.8. The van der Waals surface area contributed by atoms with Crippen molar-refractivity contribution in [2.75, 3.05) is 6.61 Å². The number of benzene rings is 1. The van der Waals surface area contributed by atoms with E-state index in [0.717, 1.165) is 16.5 Å². The van der Waals surface area contributed by atoms with Crippen molar-refractivity contribution in [2.24, 2.45) is 5.92 Å². The minimum absolute atomic E-state index is 0.305. The van der Waals surface area contributed by atoms with E-state index in [4.69, 9.17) is 5.11 Å². The quantitative estimate of drug-likeness (QED) is 0.760. The fourth-order valence-corrected chi connectivity index (χ4v) is 1.88. The average molecular weight is 254 g/mol. The van der Waals surface area contributed by atoms with Crippen LogP contribution in [-0.2, 0) is 0 Å². The lowest BCUT2D eigenvalue weighted by atomic mass is 10.2. The van der Waals surface area contributed by atoms with Crippen LogP contribution >= 0.6 is 0 Å². The molecule has 3 nitrogen and oxygen atoms in total. The molecule has 0 radical (unpaired) electrons. The van der Waals surface area contributed by atoms with Gasteiger partial charge in [0.15, 0.2) is 0 Å². The van der Waals surface area contributed by atoms with Crippen LogP contribution in [0.5, 0.6) is 0 Å². The van der Waals surface area contributed by atoms with E-state index in [-0.39, 0.29) is 5.92 Å². The number of hydrogen-bond acceptors (Lipinski definition) is 2. The van der Waals surface area contributed by atoms with Gasteiger partial charge in [-0.05, 0) is 30.0 Å². The number of aromatic nitrogens is 2. The Hall–Kier alpha value is -2.30. The summed E-state index contributed by atoms with van der Waals surface area (Å²) in [7, 11) is 0. The molecule has 1 fully saturated rings. The highest BCUT2D eigenvalue weighted by Gasteiger charge is 2.54. The van der Waals surface area contributed by atoms with Gasteiger partial charge in [0.25, 0.3) is 0 Å². The molecule has 1 aromatic heterocycles. The van der Waals surface area contributed by atoms with E-state index >= 15 is 0 Å². The van der Waals surface area contributed by atoms with Gasteiger partial charge < -0.3 is 5.11 Å². The van der Waals surface area contributed by atoms with Gasteiger partial charge in [0.2, 0.25) is 0 Å². The number of aliphatic hydroxyl groups is 1. The van der Waals surface area contributed by atoms with Crippen molar-refractivity contribution in [1.82, 2.24) is 10.2 Å². The smallest absolute Gasteiger partial charge is 0.149 e. The largest absolute Gasteiger partial charge is 0.393 e. The Kier molecular flexibility index (Phi) is 2.74. The van der Waals surface area contributed by atoms with Gasteiger partial charge >= 0.3 is 0 Å². The third-order valence-electron chi connectivity index (χ3n) is 3.23. The molecule has 0 spiro atoms. The molecule has 19 heavy (non-hydrogen) atoms. The molecule has 2 N–H and O–H groups in total. The van der Waals surface area contributed by atoms with Crippen LogP contribution in [0.15, 0.2) is 24.4 Å². The van der Waals surface area contributed by atoms with E-state index in [1.807, 2.05) is 18.2 Å². The summed E-state index contributed by atoms with van der Waals surface area (Å²) in [5.74, 6) is 10.6. The number of halogens is 1.